The highest BCUT2D eigenvalue weighted by molar-refractivity contribution is 5.93. The van der Waals surface area contributed by atoms with E-state index in [9.17, 15) is 4.79 Å². The van der Waals surface area contributed by atoms with Gasteiger partial charge in [-0.2, -0.15) is 0 Å². The number of fused-ring (bicyclic) bond motifs is 1. The maximum atomic E-state index is 12.3. The topological polar surface area (TPSA) is 66.0 Å². The van der Waals surface area contributed by atoms with Crippen molar-refractivity contribution in [3.63, 3.8) is 0 Å². The van der Waals surface area contributed by atoms with Gasteiger partial charge in [-0.25, -0.2) is 0 Å². The standard InChI is InChI=1S/C20H23NO5/c1-4-24-19-10-14-9-13(2)26-18(14)11-15(19)21-20(22)12-25-17-8-6-5-7-16(17)23-3/h5-8,10-11,13H,4,9,12H2,1-3H3,(H,21,22)/t13-/m1/s1. The van der Waals surface area contributed by atoms with Crippen LogP contribution in [0.3, 0.4) is 0 Å². The first kappa shape index (κ1) is 17.9. The molecule has 2 aromatic carbocycles. The van der Waals surface area contributed by atoms with Crippen LogP contribution in [0.5, 0.6) is 23.0 Å². The molecule has 0 fully saturated rings. The van der Waals surface area contributed by atoms with Gasteiger partial charge in [0.25, 0.3) is 5.91 Å². The number of nitrogens with one attached hydrogen (secondary N) is 1. The molecule has 0 bridgehead atoms. The van der Waals surface area contributed by atoms with Crippen LogP contribution < -0.4 is 24.3 Å². The van der Waals surface area contributed by atoms with E-state index in [1.54, 1.807) is 19.2 Å². The highest BCUT2D eigenvalue weighted by Gasteiger charge is 2.22. The molecule has 138 valence electrons. The number of hydrogen-bond donors (Lipinski definition) is 1. The van der Waals surface area contributed by atoms with Crippen molar-refractivity contribution in [3.05, 3.63) is 42.0 Å². The second-order valence-electron chi connectivity index (χ2n) is 6.01. The smallest absolute Gasteiger partial charge is 0.262 e. The molecule has 1 aliphatic rings. The Morgan fingerprint density at radius 1 is 1.19 bits per heavy atom. The molecular formula is C20H23NO5. The largest absolute Gasteiger partial charge is 0.493 e. The average molecular weight is 357 g/mol. The van der Waals surface area contributed by atoms with Gasteiger partial charge in [0.15, 0.2) is 18.1 Å². The van der Waals surface area contributed by atoms with Crippen LogP contribution >= 0.6 is 0 Å². The van der Waals surface area contributed by atoms with Gasteiger partial charge in [-0.15, -0.1) is 0 Å². The third-order valence-corrected chi connectivity index (χ3v) is 4.00. The van der Waals surface area contributed by atoms with E-state index in [1.165, 1.54) is 0 Å². The first-order valence-electron chi connectivity index (χ1n) is 8.62. The Balaban J connectivity index is 1.69. The fourth-order valence-electron chi connectivity index (χ4n) is 2.88. The van der Waals surface area contributed by atoms with Crippen LogP contribution in [0.1, 0.15) is 19.4 Å². The number of methoxy groups -OCH3 is 1. The summed E-state index contributed by atoms with van der Waals surface area (Å²) in [7, 11) is 1.56. The van der Waals surface area contributed by atoms with Gasteiger partial charge in [0.2, 0.25) is 0 Å². The number of hydrogen-bond acceptors (Lipinski definition) is 5. The van der Waals surface area contributed by atoms with Crippen LogP contribution in [0, 0.1) is 0 Å². The van der Waals surface area contributed by atoms with Crippen molar-refractivity contribution >= 4 is 11.6 Å². The molecular weight excluding hydrogens is 334 g/mol. The van der Waals surface area contributed by atoms with Crippen LogP contribution in [0.2, 0.25) is 0 Å². The molecule has 26 heavy (non-hydrogen) atoms. The lowest BCUT2D eigenvalue weighted by atomic mass is 10.1. The summed E-state index contributed by atoms with van der Waals surface area (Å²) in [4.78, 5) is 12.3. The number of carbonyl (C=O) groups excluding carboxylic acids is 1. The van der Waals surface area contributed by atoms with E-state index in [4.69, 9.17) is 18.9 Å². The SMILES string of the molecule is CCOc1cc2c(cc1NC(=O)COc1ccccc1OC)O[C@H](C)C2. The number of para-hydroxylation sites is 2. The third-order valence-electron chi connectivity index (χ3n) is 4.00. The maximum Gasteiger partial charge on any atom is 0.262 e. The molecule has 6 heteroatoms. The summed E-state index contributed by atoms with van der Waals surface area (Å²) in [6.07, 6.45) is 0.958. The zero-order chi connectivity index (χ0) is 18.5. The van der Waals surface area contributed by atoms with E-state index >= 15 is 0 Å². The van der Waals surface area contributed by atoms with Gasteiger partial charge in [-0.05, 0) is 32.0 Å². The van der Waals surface area contributed by atoms with Crippen LogP contribution in [-0.2, 0) is 11.2 Å². The quantitative estimate of drug-likeness (QED) is 0.822. The fourth-order valence-corrected chi connectivity index (χ4v) is 2.88. The number of ether oxygens (including phenoxy) is 4. The second-order valence-corrected chi connectivity index (χ2v) is 6.01. The molecule has 2 aromatic rings. The van der Waals surface area contributed by atoms with Gasteiger partial charge in [-0.1, -0.05) is 12.1 Å². The summed E-state index contributed by atoms with van der Waals surface area (Å²) in [6, 6.07) is 10.9. The summed E-state index contributed by atoms with van der Waals surface area (Å²) < 4.78 is 22.2. The zero-order valence-electron chi connectivity index (χ0n) is 15.2. The van der Waals surface area contributed by atoms with Gasteiger partial charge in [0.05, 0.1) is 19.4 Å². The van der Waals surface area contributed by atoms with E-state index in [-0.39, 0.29) is 18.6 Å². The Morgan fingerprint density at radius 3 is 2.69 bits per heavy atom. The highest BCUT2D eigenvalue weighted by Crippen LogP contribution is 2.38. The summed E-state index contributed by atoms with van der Waals surface area (Å²) in [5, 5.41) is 2.84. The number of carbonyl (C=O) groups is 1. The lowest BCUT2D eigenvalue weighted by Crippen LogP contribution is -2.21. The Labute approximate surface area is 153 Å². The Kier molecular flexibility index (Phi) is 5.51. The molecule has 1 N–H and O–H groups in total. The molecule has 1 heterocycles. The molecule has 0 aromatic heterocycles. The molecule has 0 aliphatic carbocycles. The minimum atomic E-state index is -0.289. The van der Waals surface area contributed by atoms with E-state index in [1.807, 2.05) is 38.1 Å². The van der Waals surface area contributed by atoms with Gasteiger partial charge < -0.3 is 24.3 Å². The average Bonchev–Trinajstić information content (AvgIpc) is 2.99. The van der Waals surface area contributed by atoms with Crippen LogP contribution in [0.4, 0.5) is 5.69 Å². The van der Waals surface area contributed by atoms with Crippen LogP contribution in [0.25, 0.3) is 0 Å². The van der Waals surface area contributed by atoms with Crippen molar-refractivity contribution in [2.45, 2.75) is 26.4 Å². The predicted octanol–water partition coefficient (Wildman–Crippen LogP) is 3.43. The monoisotopic (exact) mass is 357 g/mol. The van der Waals surface area contributed by atoms with Crippen molar-refractivity contribution in [2.75, 3.05) is 25.6 Å². The molecule has 0 saturated heterocycles. The number of anilines is 1. The minimum Gasteiger partial charge on any atom is -0.493 e. The minimum absolute atomic E-state index is 0.124. The predicted molar refractivity (Wildman–Crippen MR) is 98.5 cm³/mol. The first-order valence-corrected chi connectivity index (χ1v) is 8.62. The second kappa shape index (κ2) is 7.99. The molecule has 6 nitrogen and oxygen atoms in total. The molecule has 1 aliphatic heterocycles. The lowest BCUT2D eigenvalue weighted by molar-refractivity contribution is -0.118. The molecule has 1 amide bonds. The summed E-state index contributed by atoms with van der Waals surface area (Å²) in [6.45, 7) is 4.29. The maximum absolute atomic E-state index is 12.3. The van der Waals surface area contributed by atoms with Crippen molar-refractivity contribution in [3.8, 4) is 23.0 Å². The number of amides is 1. The van der Waals surface area contributed by atoms with Gasteiger partial charge in [-0.3, -0.25) is 4.79 Å². The summed E-state index contributed by atoms with van der Waals surface area (Å²) >= 11 is 0. The van der Waals surface area contributed by atoms with Gasteiger partial charge >= 0.3 is 0 Å². The van der Waals surface area contributed by atoms with Crippen molar-refractivity contribution in [1.29, 1.82) is 0 Å². The fraction of sp³-hybridized carbons (Fsp3) is 0.350. The zero-order valence-corrected chi connectivity index (χ0v) is 15.2. The molecule has 3 rings (SSSR count). The Morgan fingerprint density at radius 2 is 1.96 bits per heavy atom. The molecule has 0 saturated carbocycles. The van der Waals surface area contributed by atoms with E-state index in [0.717, 1.165) is 17.7 Å². The van der Waals surface area contributed by atoms with Crippen molar-refractivity contribution < 1.29 is 23.7 Å². The van der Waals surface area contributed by atoms with Crippen LogP contribution in [-0.4, -0.2) is 32.3 Å². The van der Waals surface area contributed by atoms with E-state index in [2.05, 4.69) is 5.32 Å². The van der Waals surface area contributed by atoms with Crippen molar-refractivity contribution in [2.24, 2.45) is 0 Å². The molecule has 0 unspecified atom stereocenters. The van der Waals surface area contributed by atoms with E-state index in [0.29, 0.717) is 29.5 Å². The summed E-state index contributed by atoms with van der Waals surface area (Å²) in [5.41, 5.74) is 1.66. The first-order chi connectivity index (χ1) is 12.6. The van der Waals surface area contributed by atoms with Crippen molar-refractivity contribution in [1.82, 2.24) is 0 Å². The third kappa shape index (κ3) is 4.02. The Hall–Kier alpha value is -2.89. The lowest BCUT2D eigenvalue weighted by Gasteiger charge is -2.14. The number of benzene rings is 2. The highest BCUT2D eigenvalue weighted by atomic mass is 16.5. The Bertz CT molecular complexity index is 790. The number of rotatable bonds is 7. The molecule has 0 radical (unpaired) electrons. The van der Waals surface area contributed by atoms with Crippen LogP contribution in [0.15, 0.2) is 36.4 Å². The molecule has 0 spiro atoms. The van der Waals surface area contributed by atoms with Gasteiger partial charge in [0, 0.05) is 18.1 Å². The summed E-state index contributed by atoms with van der Waals surface area (Å²) in [5.74, 6) is 2.22. The van der Waals surface area contributed by atoms with E-state index < -0.39 is 0 Å². The normalized spacial score (nSPS) is 15.0. The molecule has 1 atom stereocenters. The van der Waals surface area contributed by atoms with Gasteiger partial charge in [0.1, 0.15) is 17.6 Å².